The van der Waals surface area contributed by atoms with Crippen LogP contribution in [0.15, 0.2) is 42.7 Å². The van der Waals surface area contributed by atoms with Crippen molar-refractivity contribution in [2.24, 2.45) is 0 Å². The van der Waals surface area contributed by atoms with E-state index in [9.17, 15) is 5.11 Å². The van der Waals surface area contributed by atoms with Gasteiger partial charge in [0, 0.05) is 24.3 Å². The first-order valence-corrected chi connectivity index (χ1v) is 9.30. The van der Waals surface area contributed by atoms with Gasteiger partial charge in [-0.2, -0.15) is 0 Å². The van der Waals surface area contributed by atoms with Gasteiger partial charge in [-0.05, 0) is 31.0 Å². The van der Waals surface area contributed by atoms with Crippen LogP contribution >= 0.6 is 23.2 Å². The summed E-state index contributed by atoms with van der Waals surface area (Å²) in [5, 5.41) is 13.9. The second-order valence-electron chi connectivity index (χ2n) is 6.48. The lowest BCUT2D eigenvalue weighted by Gasteiger charge is -2.36. The molecule has 136 valence electrons. The number of nitrogens with zero attached hydrogens (tertiary/aromatic N) is 2. The first-order chi connectivity index (χ1) is 12.7. The molecule has 0 bridgehead atoms. The highest BCUT2D eigenvalue weighted by Gasteiger charge is 2.31. The maximum atomic E-state index is 9.40. The molecule has 7 heteroatoms. The van der Waals surface area contributed by atoms with E-state index < -0.39 is 0 Å². The Kier molecular flexibility index (Phi) is 5.05. The predicted molar refractivity (Wildman–Crippen MR) is 102 cm³/mol. The number of ether oxygens (including phenoxy) is 1. The number of hydrogen-bond acceptors (Lipinski definition) is 4. The van der Waals surface area contributed by atoms with Crippen molar-refractivity contribution in [3.8, 4) is 5.75 Å². The average Bonchev–Trinajstić information content (AvgIpc) is 3.03. The summed E-state index contributed by atoms with van der Waals surface area (Å²) in [6.45, 7) is 0.702. The molecule has 3 aromatic rings. The highest BCUT2D eigenvalue weighted by molar-refractivity contribution is 6.42. The summed E-state index contributed by atoms with van der Waals surface area (Å²) in [4.78, 5) is 4.41. The van der Waals surface area contributed by atoms with Gasteiger partial charge >= 0.3 is 0 Å². The molecule has 0 saturated heterocycles. The van der Waals surface area contributed by atoms with Gasteiger partial charge in [0.1, 0.15) is 22.5 Å². The van der Waals surface area contributed by atoms with Crippen LogP contribution in [0, 0.1) is 0 Å². The Labute approximate surface area is 161 Å². The monoisotopic (exact) mass is 391 g/mol. The van der Waals surface area contributed by atoms with E-state index >= 15 is 0 Å². The molecule has 0 atom stereocenters. The SMILES string of the molecule is OCc1cccn2c(CNC3CC(Oc4cccc(Cl)c4Cl)C3)cnc12. The largest absolute Gasteiger partial charge is 0.489 e. The summed E-state index contributed by atoms with van der Waals surface area (Å²) in [6.07, 6.45) is 5.79. The third kappa shape index (κ3) is 3.40. The Morgan fingerprint density at radius 1 is 1.23 bits per heavy atom. The molecule has 4 rings (SSSR count). The average molecular weight is 392 g/mol. The predicted octanol–water partition coefficient (Wildman–Crippen LogP) is 3.83. The number of halogens is 2. The quantitative estimate of drug-likeness (QED) is 0.670. The van der Waals surface area contributed by atoms with Gasteiger partial charge in [0.15, 0.2) is 0 Å². The molecule has 2 N–H and O–H groups in total. The zero-order valence-electron chi connectivity index (χ0n) is 14.0. The Bertz CT molecular complexity index is 922. The molecule has 1 saturated carbocycles. The van der Waals surface area contributed by atoms with Crippen LogP contribution in [-0.2, 0) is 13.2 Å². The molecule has 0 amide bonds. The van der Waals surface area contributed by atoms with Gasteiger partial charge in [-0.3, -0.25) is 0 Å². The molecule has 2 aromatic heterocycles. The number of hydrogen-bond donors (Lipinski definition) is 2. The van der Waals surface area contributed by atoms with E-state index in [2.05, 4.69) is 10.3 Å². The van der Waals surface area contributed by atoms with Gasteiger partial charge < -0.3 is 19.6 Å². The third-order valence-electron chi connectivity index (χ3n) is 4.74. The molecule has 1 fully saturated rings. The van der Waals surface area contributed by atoms with E-state index in [1.807, 2.05) is 41.1 Å². The van der Waals surface area contributed by atoms with E-state index in [0.717, 1.165) is 29.7 Å². The van der Waals surface area contributed by atoms with Crippen LogP contribution in [0.4, 0.5) is 0 Å². The van der Waals surface area contributed by atoms with E-state index in [-0.39, 0.29) is 12.7 Å². The minimum absolute atomic E-state index is 0.0120. The van der Waals surface area contributed by atoms with Crippen molar-refractivity contribution in [3.05, 3.63) is 64.0 Å². The van der Waals surface area contributed by atoms with Crippen LogP contribution < -0.4 is 10.1 Å². The van der Waals surface area contributed by atoms with Crippen molar-refractivity contribution in [1.29, 1.82) is 0 Å². The van der Waals surface area contributed by atoms with E-state index in [1.165, 1.54) is 0 Å². The summed E-state index contributed by atoms with van der Waals surface area (Å²) in [7, 11) is 0. The van der Waals surface area contributed by atoms with E-state index in [1.54, 1.807) is 6.07 Å². The van der Waals surface area contributed by atoms with Crippen LogP contribution in [0.3, 0.4) is 0 Å². The van der Waals surface area contributed by atoms with Gasteiger partial charge in [-0.1, -0.05) is 35.3 Å². The molecule has 0 radical (unpaired) electrons. The topological polar surface area (TPSA) is 58.8 Å². The first-order valence-electron chi connectivity index (χ1n) is 8.54. The van der Waals surface area contributed by atoms with Gasteiger partial charge in [-0.15, -0.1) is 0 Å². The molecule has 0 unspecified atom stereocenters. The molecule has 1 aromatic carbocycles. The summed E-state index contributed by atoms with van der Waals surface area (Å²) in [5.41, 5.74) is 2.70. The number of benzene rings is 1. The molecular weight excluding hydrogens is 373 g/mol. The molecule has 26 heavy (non-hydrogen) atoms. The van der Waals surface area contributed by atoms with Gasteiger partial charge in [-0.25, -0.2) is 4.98 Å². The van der Waals surface area contributed by atoms with Crippen molar-refractivity contribution >= 4 is 28.8 Å². The van der Waals surface area contributed by atoms with Crippen LogP contribution in [0.2, 0.25) is 10.0 Å². The zero-order chi connectivity index (χ0) is 18.1. The highest BCUT2D eigenvalue weighted by atomic mass is 35.5. The van der Waals surface area contributed by atoms with Crippen molar-refractivity contribution < 1.29 is 9.84 Å². The Morgan fingerprint density at radius 2 is 2.08 bits per heavy atom. The number of aliphatic hydroxyl groups is 1. The maximum absolute atomic E-state index is 9.40. The Hall–Kier alpha value is -1.79. The van der Waals surface area contributed by atoms with Crippen LogP contribution in [0.25, 0.3) is 5.65 Å². The number of rotatable bonds is 6. The van der Waals surface area contributed by atoms with E-state index in [0.29, 0.717) is 28.4 Å². The summed E-state index contributed by atoms with van der Waals surface area (Å²) < 4.78 is 7.94. The number of aliphatic hydroxyl groups excluding tert-OH is 1. The Morgan fingerprint density at radius 3 is 2.88 bits per heavy atom. The zero-order valence-corrected chi connectivity index (χ0v) is 15.5. The van der Waals surface area contributed by atoms with Crippen molar-refractivity contribution in [2.75, 3.05) is 0 Å². The van der Waals surface area contributed by atoms with Crippen LogP contribution in [-0.4, -0.2) is 26.6 Å². The second-order valence-corrected chi connectivity index (χ2v) is 7.26. The van der Waals surface area contributed by atoms with Gasteiger partial charge in [0.05, 0.1) is 23.5 Å². The molecule has 0 spiro atoms. The van der Waals surface area contributed by atoms with Gasteiger partial charge in [0.2, 0.25) is 0 Å². The Balaban J connectivity index is 1.32. The standard InChI is InChI=1S/C19H19Cl2N3O2/c20-16-4-1-5-17(18(16)21)26-15-7-13(8-15)22-9-14-10-23-19-12(11-25)3-2-6-24(14)19/h1-6,10,13,15,22,25H,7-9,11H2. The maximum Gasteiger partial charge on any atom is 0.142 e. The summed E-state index contributed by atoms with van der Waals surface area (Å²) in [5.74, 6) is 0.640. The lowest BCUT2D eigenvalue weighted by molar-refractivity contribution is 0.0842. The number of aromatic nitrogens is 2. The van der Waals surface area contributed by atoms with Crippen molar-refractivity contribution in [1.82, 2.24) is 14.7 Å². The fraction of sp³-hybridized carbons (Fsp3) is 0.316. The number of pyridine rings is 1. The summed E-state index contributed by atoms with van der Waals surface area (Å²) in [6, 6.07) is 9.62. The second kappa shape index (κ2) is 7.45. The molecule has 2 heterocycles. The number of nitrogens with one attached hydrogen (secondary N) is 1. The van der Waals surface area contributed by atoms with Crippen LogP contribution in [0.5, 0.6) is 5.75 Å². The van der Waals surface area contributed by atoms with E-state index in [4.69, 9.17) is 27.9 Å². The smallest absolute Gasteiger partial charge is 0.142 e. The molecule has 1 aliphatic rings. The number of imidazole rings is 1. The minimum atomic E-state index is -0.0120. The van der Waals surface area contributed by atoms with Gasteiger partial charge in [0.25, 0.3) is 0 Å². The molecular formula is C19H19Cl2N3O2. The fourth-order valence-corrected chi connectivity index (χ4v) is 3.54. The lowest BCUT2D eigenvalue weighted by atomic mass is 9.89. The highest BCUT2D eigenvalue weighted by Crippen LogP contribution is 2.35. The number of fused-ring (bicyclic) bond motifs is 1. The normalized spacial score (nSPS) is 19.5. The minimum Gasteiger partial charge on any atom is -0.489 e. The van der Waals surface area contributed by atoms with Crippen LogP contribution in [0.1, 0.15) is 24.1 Å². The lowest BCUT2D eigenvalue weighted by Crippen LogP contribution is -2.46. The summed E-state index contributed by atoms with van der Waals surface area (Å²) >= 11 is 12.2. The molecule has 0 aliphatic heterocycles. The molecule has 5 nitrogen and oxygen atoms in total. The van der Waals surface area contributed by atoms with Crippen molar-refractivity contribution in [3.63, 3.8) is 0 Å². The third-order valence-corrected chi connectivity index (χ3v) is 5.54. The fourth-order valence-electron chi connectivity index (χ4n) is 3.21. The molecule has 1 aliphatic carbocycles. The first kappa shape index (κ1) is 17.6. The van der Waals surface area contributed by atoms with Crippen molar-refractivity contribution in [2.45, 2.75) is 38.1 Å².